The minimum atomic E-state index is -0.985. The average molecular weight is 301 g/mol. The summed E-state index contributed by atoms with van der Waals surface area (Å²) in [6, 6.07) is 5.55. The normalized spacial score (nSPS) is 19.2. The summed E-state index contributed by atoms with van der Waals surface area (Å²) in [6.07, 6.45) is 2.65. The van der Waals surface area contributed by atoms with Crippen LogP contribution in [0.1, 0.15) is 12.5 Å². The van der Waals surface area contributed by atoms with Gasteiger partial charge in [0, 0.05) is 26.8 Å². The molecule has 0 aromatic heterocycles. The second-order valence-electron chi connectivity index (χ2n) is 3.84. The summed E-state index contributed by atoms with van der Waals surface area (Å²) in [7, 11) is 0. The van der Waals surface area contributed by atoms with E-state index in [1.165, 1.54) is 0 Å². The van der Waals surface area contributed by atoms with Gasteiger partial charge in [-0.25, -0.2) is 4.79 Å². The number of hydrogen-bond acceptors (Lipinski definition) is 2. The van der Waals surface area contributed by atoms with Crippen LogP contribution in [0.25, 0.3) is 5.03 Å². The minimum Gasteiger partial charge on any atom is -0.478 e. The summed E-state index contributed by atoms with van der Waals surface area (Å²) in [5.74, 6) is -0.985. The first kappa shape index (κ1) is 13.5. The van der Waals surface area contributed by atoms with E-state index in [0.717, 1.165) is 22.1 Å². The van der Waals surface area contributed by atoms with E-state index in [4.69, 9.17) is 28.3 Å². The van der Waals surface area contributed by atoms with Gasteiger partial charge >= 0.3 is 5.97 Å². The molecule has 0 fully saturated rings. The molecule has 0 saturated heterocycles. The molecule has 94 valence electrons. The number of carboxylic acid groups (broad SMARTS) is 1. The molecule has 2 rings (SSSR count). The lowest BCUT2D eigenvalue weighted by molar-refractivity contribution is -0.131. The SMILES string of the molecule is CC1Sc2ccc(Cl)cc2C(Cl)=C1/C=C/C(=O)O. The molecule has 1 heterocycles. The molecule has 1 aromatic carbocycles. The number of aliphatic carboxylic acids is 1. The number of hydrogen-bond donors (Lipinski definition) is 1. The summed E-state index contributed by atoms with van der Waals surface area (Å²) >= 11 is 13.9. The Kier molecular flexibility index (Phi) is 4.05. The maximum atomic E-state index is 10.6. The lowest BCUT2D eigenvalue weighted by atomic mass is 10.1. The highest BCUT2D eigenvalue weighted by Crippen LogP contribution is 2.44. The van der Waals surface area contributed by atoms with Crippen LogP contribution in [0.2, 0.25) is 5.02 Å². The third-order valence-corrected chi connectivity index (χ3v) is 4.45. The summed E-state index contributed by atoms with van der Waals surface area (Å²) in [6.45, 7) is 1.99. The monoisotopic (exact) mass is 300 g/mol. The Morgan fingerprint density at radius 1 is 1.44 bits per heavy atom. The lowest BCUT2D eigenvalue weighted by Gasteiger charge is -2.23. The molecule has 1 unspecified atom stereocenters. The second-order valence-corrected chi connectivity index (χ2v) is 6.04. The number of halogens is 2. The van der Waals surface area contributed by atoms with Gasteiger partial charge in [0.25, 0.3) is 0 Å². The van der Waals surface area contributed by atoms with Crippen molar-refractivity contribution in [3.05, 3.63) is 46.5 Å². The van der Waals surface area contributed by atoms with Gasteiger partial charge in [0.1, 0.15) is 0 Å². The zero-order valence-electron chi connectivity index (χ0n) is 9.48. The minimum absolute atomic E-state index is 0.113. The number of fused-ring (bicyclic) bond motifs is 1. The van der Waals surface area contributed by atoms with Crippen LogP contribution in [0, 0.1) is 0 Å². The first-order valence-electron chi connectivity index (χ1n) is 5.26. The van der Waals surface area contributed by atoms with Crippen molar-refractivity contribution in [2.45, 2.75) is 17.1 Å². The molecule has 1 N–H and O–H groups in total. The zero-order chi connectivity index (χ0) is 13.3. The van der Waals surface area contributed by atoms with Gasteiger partial charge in [0.15, 0.2) is 0 Å². The predicted molar refractivity (Wildman–Crippen MR) is 76.3 cm³/mol. The summed E-state index contributed by atoms with van der Waals surface area (Å²) in [5, 5.41) is 9.97. The van der Waals surface area contributed by atoms with Crippen molar-refractivity contribution >= 4 is 46.0 Å². The van der Waals surface area contributed by atoms with Crippen LogP contribution in [0.4, 0.5) is 0 Å². The van der Waals surface area contributed by atoms with Crippen molar-refractivity contribution in [3.63, 3.8) is 0 Å². The molecule has 0 amide bonds. The van der Waals surface area contributed by atoms with E-state index in [1.807, 2.05) is 19.1 Å². The van der Waals surface area contributed by atoms with E-state index in [-0.39, 0.29) is 5.25 Å². The maximum absolute atomic E-state index is 10.6. The van der Waals surface area contributed by atoms with Crippen molar-refractivity contribution in [1.29, 1.82) is 0 Å². The quantitative estimate of drug-likeness (QED) is 0.821. The molecule has 2 nitrogen and oxygen atoms in total. The van der Waals surface area contributed by atoms with E-state index >= 15 is 0 Å². The number of carbonyl (C=O) groups is 1. The first-order chi connectivity index (χ1) is 8.49. The van der Waals surface area contributed by atoms with Gasteiger partial charge in [-0.3, -0.25) is 0 Å². The fourth-order valence-corrected chi connectivity index (χ4v) is 3.55. The number of rotatable bonds is 2. The van der Waals surface area contributed by atoms with E-state index < -0.39 is 5.97 Å². The van der Waals surface area contributed by atoms with Crippen molar-refractivity contribution in [2.24, 2.45) is 0 Å². The van der Waals surface area contributed by atoms with Crippen LogP contribution in [0.15, 0.2) is 40.8 Å². The third kappa shape index (κ3) is 2.74. The molecule has 5 heteroatoms. The molecule has 0 aliphatic carbocycles. The third-order valence-electron chi connectivity index (χ3n) is 2.58. The molecule has 1 aliphatic heterocycles. The molecule has 0 radical (unpaired) electrons. The highest BCUT2D eigenvalue weighted by molar-refractivity contribution is 8.00. The second kappa shape index (κ2) is 5.39. The number of carboxylic acids is 1. The van der Waals surface area contributed by atoms with E-state index in [0.29, 0.717) is 10.1 Å². The van der Waals surface area contributed by atoms with E-state index in [2.05, 4.69) is 0 Å². The molecule has 18 heavy (non-hydrogen) atoms. The molecule has 0 bridgehead atoms. The molecule has 1 atom stereocenters. The van der Waals surface area contributed by atoms with Crippen molar-refractivity contribution in [3.8, 4) is 0 Å². The van der Waals surface area contributed by atoms with Gasteiger partial charge in [-0.2, -0.15) is 0 Å². The van der Waals surface area contributed by atoms with Crippen LogP contribution in [0.5, 0.6) is 0 Å². The fraction of sp³-hybridized carbons (Fsp3) is 0.154. The van der Waals surface area contributed by atoms with E-state index in [1.54, 1.807) is 23.9 Å². The summed E-state index contributed by atoms with van der Waals surface area (Å²) < 4.78 is 0. The van der Waals surface area contributed by atoms with Gasteiger partial charge in [-0.15, -0.1) is 11.8 Å². The average Bonchev–Trinajstić information content (AvgIpc) is 2.30. The number of allylic oxidation sites excluding steroid dienone is 1. The Labute approximate surface area is 119 Å². The highest BCUT2D eigenvalue weighted by Gasteiger charge is 2.22. The number of benzene rings is 1. The maximum Gasteiger partial charge on any atom is 0.328 e. The van der Waals surface area contributed by atoms with Crippen LogP contribution >= 0.6 is 35.0 Å². The molecule has 0 saturated carbocycles. The topological polar surface area (TPSA) is 37.3 Å². The van der Waals surface area contributed by atoms with Crippen LogP contribution in [-0.4, -0.2) is 16.3 Å². The first-order valence-corrected chi connectivity index (χ1v) is 6.90. The van der Waals surface area contributed by atoms with Gasteiger partial charge in [-0.05, 0) is 36.8 Å². The number of thioether (sulfide) groups is 1. The summed E-state index contributed by atoms with van der Waals surface area (Å²) in [5.41, 5.74) is 1.66. The smallest absolute Gasteiger partial charge is 0.328 e. The zero-order valence-corrected chi connectivity index (χ0v) is 11.8. The van der Waals surface area contributed by atoms with Crippen LogP contribution in [0.3, 0.4) is 0 Å². The van der Waals surface area contributed by atoms with Crippen molar-refractivity contribution in [2.75, 3.05) is 0 Å². The highest BCUT2D eigenvalue weighted by atomic mass is 35.5. The standard InChI is InChI=1S/C13H10Cl2O2S/c1-7-9(3-5-12(16)17)13(15)10-6-8(14)2-4-11(10)18-7/h2-7H,1H3,(H,16,17)/b5-3+. The fourth-order valence-electron chi connectivity index (χ4n) is 1.73. The van der Waals surface area contributed by atoms with Gasteiger partial charge < -0.3 is 5.11 Å². The van der Waals surface area contributed by atoms with Gasteiger partial charge in [-0.1, -0.05) is 23.2 Å². The lowest BCUT2D eigenvalue weighted by Crippen LogP contribution is -2.07. The Morgan fingerprint density at radius 2 is 2.17 bits per heavy atom. The van der Waals surface area contributed by atoms with Crippen LogP contribution < -0.4 is 0 Å². The molecule has 1 aliphatic rings. The largest absolute Gasteiger partial charge is 0.478 e. The Morgan fingerprint density at radius 3 is 2.83 bits per heavy atom. The molecule has 1 aromatic rings. The van der Waals surface area contributed by atoms with Crippen LogP contribution in [-0.2, 0) is 4.79 Å². The van der Waals surface area contributed by atoms with Crippen molar-refractivity contribution in [1.82, 2.24) is 0 Å². The molecular formula is C13H10Cl2O2S. The molecular weight excluding hydrogens is 291 g/mol. The van der Waals surface area contributed by atoms with Gasteiger partial charge in [0.2, 0.25) is 0 Å². The molecule has 0 spiro atoms. The van der Waals surface area contributed by atoms with E-state index in [9.17, 15) is 4.79 Å². The predicted octanol–water partition coefficient (Wildman–Crippen LogP) is 4.42. The Bertz CT molecular complexity index is 564. The summed E-state index contributed by atoms with van der Waals surface area (Å²) in [4.78, 5) is 11.6. The Balaban J connectivity index is 2.51. The Hall–Kier alpha value is -0.900. The van der Waals surface area contributed by atoms with Gasteiger partial charge in [0.05, 0.1) is 5.03 Å². The van der Waals surface area contributed by atoms with Crippen molar-refractivity contribution < 1.29 is 9.90 Å².